The Kier molecular flexibility index (Phi) is 4.88. The summed E-state index contributed by atoms with van der Waals surface area (Å²) in [5.74, 6) is -5.56. The van der Waals surface area contributed by atoms with Crippen molar-refractivity contribution in [1.29, 1.82) is 0 Å². The summed E-state index contributed by atoms with van der Waals surface area (Å²) in [6.07, 6.45) is -4.93. The molecule has 0 atom stereocenters. The normalized spacial score (nSPS) is 11.2. The molecule has 128 valence electrons. The quantitative estimate of drug-likeness (QED) is 0.617. The number of hydrogen-bond donors (Lipinski definition) is 2. The fraction of sp³-hybridized carbons (Fsp3) is 0.0714. The van der Waals surface area contributed by atoms with Gasteiger partial charge >= 0.3 is 6.18 Å². The van der Waals surface area contributed by atoms with Crippen molar-refractivity contribution in [1.82, 2.24) is 0 Å². The van der Waals surface area contributed by atoms with Crippen molar-refractivity contribution in [2.45, 2.75) is 6.18 Å². The topological polar surface area (TPSA) is 47.3 Å². The monoisotopic (exact) mass is 366 g/mol. The Morgan fingerprint density at radius 3 is 2.12 bits per heavy atom. The first-order valence-corrected chi connectivity index (χ1v) is 6.59. The molecule has 10 heteroatoms. The summed E-state index contributed by atoms with van der Waals surface area (Å²) in [6.45, 7) is 0. The Labute approximate surface area is 137 Å². The van der Waals surface area contributed by atoms with Crippen LogP contribution >= 0.6 is 12.2 Å². The zero-order valence-electron chi connectivity index (χ0n) is 11.5. The van der Waals surface area contributed by atoms with Crippen LogP contribution in [0, 0.1) is 17.5 Å². The van der Waals surface area contributed by atoms with Crippen LogP contribution in [0.25, 0.3) is 0 Å². The highest BCUT2D eigenvalue weighted by atomic mass is 32.1. The van der Waals surface area contributed by atoms with Gasteiger partial charge in [-0.1, -0.05) is 0 Å². The molecule has 0 aromatic heterocycles. The fourth-order valence-corrected chi connectivity index (χ4v) is 1.86. The lowest BCUT2D eigenvalue weighted by atomic mass is 10.2. The molecule has 0 bridgehead atoms. The van der Waals surface area contributed by atoms with Crippen LogP contribution in [0.5, 0.6) is 11.5 Å². The summed E-state index contributed by atoms with van der Waals surface area (Å²) in [4.78, 5) is 0. The van der Waals surface area contributed by atoms with Crippen LogP contribution in [-0.4, -0.2) is 5.11 Å². The van der Waals surface area contributed by atoms with Crippen molar-refractivity contribution < 1.29 is 31.1 Å². The van der Waals surface area contributed by atoms with Crippen molar-refractivity contribution in [2.75, 3.05) is 5.32 Å². The number of nitrogens with one attached hydrogen (secondary N) is 1. The molecule has 24 heavy (non-hydrogen) atoms. The van der Waals surface area contributed by atoms with E-state index >= 15 is 0 Å². The molecule has 0 saturated carbocycles. The Morgan fingerprint density at radius 1 is 1.04 bits per heavy atom. The highest BCUT2D eigenvalue weighted by molar-refractivity contribution is 7.80. The molecule has 0 heterocycles. The lowest BCUT2D eigenvalue weighted by Gasteiger charge is -2.14. The van der Waals surface area contributed by atoms with Gasteiger partial charge in [0.25, 0.3) is 0 Å². The molecule has 0 unspecified atom stereocenters. The molecule has 0 fully saturated rings. The van der Waals surface area contributed by atoms with Gasteiger partial charge in [-0.3, -0.25) is 0 Å². The summed E-state index contributed by atoms with van der Waals surface area (Å²) in [6, 6.07) is 3.02. The lowest BCUT2D eigenvalue weighted by molar-refractivity contribution is -0.138. The van der Waals surface area contributed by atoms with Crippen LogP contribution in [0.15, 0.2) is 30.3 Å². The molecule has 0 radical (unpaired) electrons. The molecule has 0 aliphatic rings. The minimum Gasteiger partial charge on any atom is -0.449 e. The average Bonchev–Trinajstić information content (AvgIpc) is 2.43. The number of halogens is 6. The smallest absolute Gasteiger partial charge is 0.416 e. The minimum absolute atomic E-state index is 0.0254. The molecule has 0 aliphatic carbocycles. The first kappa shape index (κ1) is 17.9. The number of rotatable bonds is 3. The van der Waals surface area contributed by atoms with E-state index in [0.29, 0.717) is 0 Å². The Bertz CT molecular complexity index is 770. The van der Waals surface area contributed by atoms with E-state index in [9.17, 15) is 26.3 Å². The van der Waals surface area contributed by atoms with E-state index in [2.05, 4.69) is 17.5 Å². The first-order chi connectivity index (χ1) is 11.1. The first-order valence-electron chi connectivity index (χ1n) is 6.18. The summed E-state index contributed by atoms with van der Waals surface area (Å²) >= 11 is 4.59. The summed E-state index contributed by atoms with van der Waals surface area (Å²) in [5, 5.41) is 2.15. The highest BCUT2D eigenvalue weighted by Gasteiger charge is 2.33. The SMILES string of the molecule is NC(=S)Nc1ccc(F)cc1Oc1c(F)cc(C(F)(F)F)cc1F. The molecular formula is C14H8F6N2OS. The Hall–Kier alpha value is -2.49. The second-order valence-electron chi connectivity index (χ2n) is 4.50. The number of benzene rings is 2. The van der Waals surface area contributed by atoms with Gasteiger partial charge in [-0.05, 0) is 36.5 Å². The van der Waals surface area contributed by atoms with E-state index in [1.807, 2.05) is 0 Å². The van der Waals surface area contributed by atoms with Gasteiger partial charge in [-0.25, -0.2) is 13.2 Å². The summed E-state index contributed by atoms with van der Waals surface area (Å²) in [7, 11) is 0. The second-order valence-corrected chi connectivity index (χ2v) is 4.94. The Balaban J connectivity index is 2.45. The van der Waals surface area contributed by atoms with E-state index in [4.69, 9.17) is 10.5 Å². The van der Waals surface area contributed by atoms with Gasteiger partial charge < -0.3 is 15.8 Å². The average molecular weight is 366 g/mol. The third kappa shape index (κ3) is 4.07. The van der Waals surface area contributed by atoms with Crippen molar-refractivity contribution in [2.24, 2.45) is 5.73 Å². The lowest BCUT2D eigenvalue weighted by Crippen LogP contribution is -2.19. The maximum absolute atomic E-state index is 13.8. The van der Waals surface area contributed by atoms with Gasteiger partial charge in [0, 0.05) is 6.07 Å². The van der Waals surface area contributed by atoms with Crippen molar-refractivity contribution in [3.8, 4) is 11.5 Å². The maximum Gasteiger partial charge on any atom is 0.416 e. The maximum atomic E-state index is 13.8. The molecular weight excluding hydrogens is 358 g/mol. The third-order valence-corrected chi connectivity index (χ3v) is 2.84. The van der Waals surface area contributed by atoms with Gasteiger partial charge in [-0.2, -0.15) is 13.2 Å². The molecule has 2 aromatic carbocycles. The van der Waals surface area contributed by atoms with E-state index < -0.39 is 40.7 Å². The number of thiocarbonyl (C=S) groups is 1. The molecule has 2 aromatic rings. The van der Waals surface area contributed by atoms with Crippen LogP contribution < -0.4 is 15.8 Å². The fourth-order valence-electron chi connectivity index (χ4n) is 1.75. The minimum atomic E-state index is -4.93. The molecule has 0 spiro atoms. The highest BCUT2D eigenvalue weighted by Crippen LogP contribution is 2.37. The van der Waals surface area contributed by atoms with Gasteiger partial charge in [0.1, 0.15) is 5.82 Å². The van der Waals surface area contributed by atoms with Crippen molar-refractivity contribution in [3.63, 3.8) is 0 Å². The number of ether oxygens (including phenoxy) is 1. The predicted molar refractivity (Wildman–Crippen MR) is 78.2 cm³/mol. The van der Waals surface area contributed by atoms with Crippen molar-refractivity contribution >= 4 is 23.0 Å². The number of anilines is 1. The van der Waals surface area contributed by atoms with E-state index in [-0.39, 0.29) is 22.9 Å². The molecule has 0 aliphatic heterocycles. The zero-order valence-corrected chi connectivity index (χ0v) is 12.4. The van der Waals surface area contributed by atoms with E-state index in [1.54, 1.807) is 0 Å². The number of hydrogen-bond acceptors (Lipinski definition) is 2. The molecule has 3 N–H and O–H groups in total. The second kappa shape index (κ2) is 6.56. The number of nitrogens with two attached hydrogens (primary N) is 1. The number of alkyl halides is 3. The van der Waals surface area contributed by atoms with E-state index in [0.717, 1.165) is 18.2 Å². The Morgan fingerprint density at radius 2 is 1.62 bits per heavy atom. The zero-order chi connectivity index (χ0) is 18.1. The van der Waals surface area contributed by atoms with E-state index in [1.165, 1.54) is 0 Å². The predicted octanol–water partition coefficient (Wildman–Crippen LogP) is 4.57. The van der Waals surface area contributed by atoms with Crippen LogP contribution in [-0.2, 0) is 6.18 Å². The van der Waals surface area contributed by atoms with Crippen LogP contribution in [0.3, 0.4) is 0 Å². The molecule has 0 saturated heterocycles. The molecule has 2 rings (SSSR count). The summed E-state index contributed by atoms with van der Waals surface area (Å²) < 4.78 is 83.3. The summed E-state index contributed by atoms with van der Waals surface area (Å²) in [5.41, 5.74) is 3.70. The van der Waals surface area contributed by atoms with Crippen LogP contribution in [0.4, 0.5) is 32.0 Å². The van der Waals surface area contributed by atoms with Crippen LogP contribution in [0.2, 0.25) is 0 Å². The van der Waals surface area contributed by atoms with Gasteiger partial charge in [0.05, 0.1) is 11.3 Å². The van der Waals surface area contributed by atoms with Gasteiger partial charge in [0.15, 0.2) is 28.2 Å². The van der Waals surface area contributed by atoms with Crippen molar-refractivity contribution in [3.05, 3.63) is 53.3 Å². The molecule has 0 amide bonds. The third-order valence-electron chi connectivity index (χ3n) is 2.74. The molecule has 3 nitrogen and oxygen atoms in total. The largest absolute Gasteiger partial charge is 0.449 e. The van der Waals surface area contributed by atoms with Gasteiger partial charge in [-0.15, -0.1) is 0 Å². The van der Waals surface area contributed by atoms with Crippen LogP contribution in [0.1, 0.15) is 5.56 Å². The standard InChI is InChI=1S/C14H8F6N2OS/c15-7-1-2-10(22-13(21)24)11(5-7)23-12-8(16)3-6(4-9(12)17)14(18,19)20/h1-5H,(H3,21,22,24). The van der Waals surface area contributed by atoms with Gasteiger partial charge in [0.2, 0.25) is 0 Å².